The van der Waals surface area contributed by atoms with E-state index in [1.165, 1.54) is 6.42 Å². The topological polar surface area (TPSA) is 52.8 Å². The lowest BCUT2D eigenvalue weighted by atomic mass is 10.2. The van der Waals surface area contributed by atoms with Crippen molar-refractivity contribution in [1.82, 2.24) is 19.7 Å². The molecule has 88 valence electrons. The van der Waals surface area contributed by atoms with E-state index in [4.69, 9.17) is 4.74 Å². The second kappa shape index (κ2) is 4.63. The van der Waals surface area contributed by atoms with Crippen LogP contribution in [0.15, 0.2) is 30.7 Å². The minimum Gasteiger partial charge on any atom is -0.356 e. The van der Waals surface area contributed by atoms with Crippen molar-refractivity contribution in [2.75, 3.05) is 6.61 Å². The van der Waals surface area contributed by atoms with Gasteiger partial charge in [0.05, 0.1) is 0 Å². The second-order valence-electron chi connectivity index (χ2n) is 4.05. The van der Waals surface area contributed by atoms with Crippen LogP contribution >= 0.6 is 0 Å². The molecule has 2 aromatic rings. The molecule has 1 aliphatic rings. The van der Waals surface area contributed by atoms with Crippen LogP contribution in [0.2, 0.25) is 0 Å². The van der Waals surface area contributed by atoms with Gasteiger partial charge >= 0.3 is 0 Å². The molecule has 0 amide bonds. The first-order chi connectivity index (χ1) is 8.45. The SMILES string of the molecule is c1cnc(-c2ccnn2C2CCCCO2)nc1. The molecule has 0 bridgehead atoms. The van der Waals surface area contributed by atoms with Crippen LogP contribution in [0.25, 0.3) is 11.5 Å². The van der Waals surface area contributed by atoms with Crippen LogP contribution in [0.3, 0.4) is 0 Å². The number of ether oxygens (including phenoxy) is 1. The first kappa shape index (κ1) is 10.4. The van der Waals surface area contributed by atoms with Crippen molar-refractivity contribution >= 4 is 0 Å². The van der Waals surface area contributed by atoms with E-state index in [2.05, 4.69) is 15.1 Å². The Labute approximate surface area is 99.5 Å². The fraction of sp³-hybridized carbons (Fsp3) is 0.417. The van der Waals surface area contributed by atoms with Gasteiger partial charge in [-0.3, -0.25) is 0 Å². The smallest absolute Gasteiger partial charge is 0.177 e. The monoisotopic (exact) mass is 230 g/mol. The molecule has 0 spiro atoms. The van der Waals surface area contributed by atoms with Gasteiger partial charge in [-0.25, -0.2) is 14.6 Å². The molecule has 17 heavy (non-hydrogen) atoms. The summed E-state index contributed by atoms with van der Waals surface area (Å²) in [6.45, 7) is 0.805. The molecule has 1 atom stereocenters. The Balaban J connectivity index is 1.93. The molecule has 0 saturated carbocycles. The molecule has 0 aliphatic carbocycles. The Bertz CT molecular complexity index is 476. The van der Waals surface area contributed by atoms with Gasteiger partial charge in [0, 0.05) is 25.2 Å². The number of hydrogen-bond donors (Lipinski definition) is 0. The zero-order valence-corrected chi connectivity index (χ0v) is 9.49. The molecular weight excluding hydrogens is 216 g/mol. The highest BCUT2D eigenvalue weighted by atomic mass is 16.5. The van der Waals surface area contributed by atoms with Gasteiger partial charge in [0.15, 0.2) is 12.1 Å². The van der Waals surface area contributed by atoms with E-state index in [1.54, 1.807) is 24.7 Å². The van der Waals surface area contributed by atoms with Crippen molar-refractivity contribution in [3.8, 4) is 11.5 Å². The van der Waals surface area contributed by atoms with Gasteiger partial charge < -0.3 is 4.74 Å². The lowest BCUT2D eigenvalue weighted by molar-refractivity contribution is -0.0384. The highest BCUT2D eigenvalue weighted by molar-refractivity contribution is 5.48. The molecule has 1 saturated heterocycles. The van der Waals surface area contributed by atoms with Gasteiger partial charge in [0.2, 0.25) is 0 Å². The first-order valence-corrected chi connectivity index (χ1v) is 5.87. The maximum absolute atomic E-state index is 5.73. The van der Waals surface area contributed by atoms with Crippen LogP contribution in [0.5, 0.6) is 0 Å². The molecule has 0 radical (unpaired) electrons. The quantitative estimate of drug-likeness (QED) is 0.792. The molecule has 0 N–H and O–H groups in total. The second-order valence-corrected chi connectivity index (χ2v) is 4.05. The van der Waals surface area contributed by atoms with Crippen LogP contribution in [-0.2, 0) is 4.74 Å². The van der Waals surface area contributed by atoms with Gasteiger partial charge in [-0.05, 0) is 31.4 Å². The summed E-state index contributed by atoms with van der Waals surface area (Å²) in [5.74, 6) is 0.694. The van der Waals surface area contributed by atoms with E-state index in [0.717, 1.165) is 25.1 Å². The minimum absolute atomic E-state index is 0.0255. The van der Waals surface area contributed by atoms with Crippen LogP contribution in [0.1, 0.15) is 25.5 Å². The van der Waals surface area contributed by atoms with Crippen molar-refractivity contribution in [1.29, 1.82) is 0 Å². The molecule has 1 fully saturated rings. The van der Waals surface area contributed by atoms with E-state index < -0.39 is 0 Å². The molecular formula is C12H14N4O. The third-order valence-electron chi connectivity index (χ3n) is 2.89. The largest absolute Gasteiger partial charge is 0.356 e. The lowest BCUT2D eigenvalue weighted by Crippen LogP contribution is -2.20. The molecule has 1 aliphatic heterocycles. The summed E-state index contributed by atoms with van der Waals surface area (Å²) < 4.78 is 7.61. The average Bonchev–Trinajstić information content (AvgIpc) is 2.90. The number of rotatable bonds is 2. The van der Waals surface area contributed by atoms with Crippen LogP contribution in [-0.4, -0.2) is 26.4 Å². The van der Waals surface area contributed by atoms with Gasteiger partial charge in [-0.1, -0.05) is 0 Å². The zero-order valence-electron chi connectivity index (χ0n) is 9.49. The van der Waals surface area contributed by atoms with E-state index >= 15 is 0 Å². The summed E-state index contributed by atoms with van der Waals surface area (Å²) in [4.78, 5) is 8.50. The number of nitrogens with zero attached hydrogens (tertiary/aromatic N) is 4. The van der Waals surface area contributed by atoms with Crippen molar-refractivity contribution in [2.45, 2.75) is 25.5 Å². The van der Waals surface area contributed by atoms with Crippen molar-refractivity contribution in [2.24, 2.45) is 0 Å². The van der Waals surface area contributed by atoms with E-state index in [0.29, 0.717) is 5.82 Å². The van der Waals surface area contributed by atoms with Gasteiger partial charge in [-0.2, -0.15) is 5.10 Å². The summed E-state index contributed by atoms with van der Waals surface area (Å²) in [6, 6.07) is 3.73. The Kier molecular flexibility index (Phi) is 2.83. The highest BCUT2D eigenvalue weighted by Gasteiger charge is 2.20. The summed E-state index contributed by atoms with van der Waals surface area (Å²) in [5, 5.41) is 4.33. The molecule has 3 heterocycles. The Hall–Kier alpha value is -1.75. The van der Waals surface area contributed by atoms with Gasteiger partial charge in [-0.15, -0.1) is 0 Å². The van der Waals surface area contributed by atoms with E-state index in [9.17, 15) is 0 Å². The normalized spacial score (nSPS) is 20.4. The molecule has 0 aromatic carbocycles. The third-order valence-corrected chi connectivity index (χ3v) is 2.89. The molecule has 2 aromatic heterocycles. The van der Waals surface area contributed by atoms with Gasteiger partial charge in [0.25, 0.3) is 0 Å². The maximum atomic E-state index is 5.73. The lowest BCUT2D eigenvalue weighted by Gasteiger charge is -2.24. The van der Waals surface area contributed by atoms with Crippen LogP contribution in [0, 0.1) is 0 Å². The zero-order chi connectivity index (χ0) is 11.5. The average molecular weight is 230 g/mol. The third kappa shape index (κ3) is 2.06. The van der Waals surface area contributed by atoms with Crippen molar-refractivity contribution < 1.29 is 4.74 Å². The maximum Gasteiger partial charge on any atom is 0.177 e. The number of hydrogen-bond acceptors (Lipinski definition) is 4. The molecule has 5 nitrogen and oxygen atoms in total. The fourth-order valence-corrected chi connectivity index (χ4v) is 2.07. The molecule has 3 rings (SSSR count). The summed E-state index contributed by atoms with van der Waals surface area (Å²) >= 11 is 0. The Morgan fingerprint density at radius 3 is 2.82 bits per heavy atom. The van der Waals surface area contributed by atoms with E-state index in [1.807, 2.05) is 10.7 Å². The Morgan fingerprint density at radius 2 is 2.06 bits per heavy atom. The highest BCUT2D eigenvalue weighted by Crippen LogP contribution is 2.26. The Morgan fingerprint density at radius 1 is 1.18 bits per heavy atom. The summed E-state index contributed by atoms with van der Waals surface area (Å²) in [6.07, 6.45) is 8.58. The first-order valence-electron chi connectivity index (χ1n) is 5.87. The number of aromatic nitrogens is 4. The van der Waals surface area contributed by atoms with Gasteiger partial charge in [0.1, 0.15) is 5.69 Å². The fourth-order valence-electron chi connectivity index (χ4n) is 2.07. The van der Waals surface area contributed by atoms with Crippen LogP contribution in [0.4, 0.5) is 0 Å². The summed E-state index contributed by atoms with van der Waals surface area (Å²) in [7, 11) is 0. The van der Waals surface area contributed by atoms with Crippen molar-refractivity contribution in [3.63, 3.8) is 0 Å². The predicted molar refractivity (Wildman–Crippen MR) is 62.1 cm³/mol. The molecule has 1 unspecified atom stereocenters. The standard InChI is InChI=1S/C12H14N4O/c1-2-9-17-11(4-1)16-10(5-8-15-16)12-13-6-3-7-14-12/h3,5-8,11H,1-2,4,9H2. The van der Waals surface area contributed by atoms with Crippen LogP contribution < -0.4 is 0 Å². The summed E-state index contributed by atoms with van der Waals surface area (Å²) in [5.41, 5.74) is 0.914. The predicted octanol–water partition coefficient (Wildman–Crippen LogP) is 2.04. The minimum atomic E-state index is 0.0255. The molecule has 5 heteroatoms. The van der Waals surface area contributed by atoms with E-state index in [-0.39, 0.29) is 6.23 Å². The van der Waals surface area contributed by atoms with Crippen molar-refractivity contribution in [3.05, 3.63) is 30.7 Å².